The van der Waals surface area contributed by atoms with E-state index in [0.717, 1.165) is 19.0 Å². The van der Waals surface area contributed by atoms with Crippen molar-refractivity contribution in [1.29, 1.82) is 0 Å². The van der Waals surface area contributed by atoms with Gasteiger partial charge in [-0.2, -0.15) is 4.98 Å². The first-order chi connectivity index (χ1) is 7.63. The monoisotopic (exact) mass is 227 g/mol. The highest BCUT2D eigenvalue weighted by atomic mass is 19.1. The number of ether oxygens (including phenoxy) is 1. The molecule has 0 bridgehead atoms. The summed E-state index contributed by atoms with van der Waals surface area (Å²) in [5, 5.41) is 2.90. The molecule has 0 aliphatic heterocycles. The lowest BCUT2D eigenvalue weighted by atomic mass is 10.4. The number of anilines is 1. The molecule has 1 heterocycles. The second-order valence-corrected chi connectivity index (χ2v) is 3.85. The molecule has 0 aromatic carbocycles. The van der Waals surface area contributed by atoms with Gasteiger partial charge in [0.15, 0.2) is 11.6 Å². The lowest BCUT2D eigenvalue weighted by molar-refractivity contribution is 0.284. The second-order valence-electron chi connectivity index (χ2n) is 3.85. The number of rotatable bonds is 6. The summed E-state index contributed by atoms with van der Waals surface area (Å²) in [5.74, 6) is -0.270. The van der Waals surface area contributed by atoms with Crippen molar-refractivity contribution in [3.8, 4) is 6.01 Å². The number of aromatic nitrogens is 2. The Balaban J connectivity index is 2.65. The van der Waals surface area contributed by atoms with Crippen molar-refractivity contribution in [2.45, 2.75) is 39.7 Å². The molecule has 0 amide bonds. The van der Waals surface area contributed by atoms with Crippen LogP contribution in [0.4, 0.5) is 10.2 Å². The summed E-state index contributed by atoms with van der Waals surface area (Å²) < 4.78 is 18.6. The summed E-state index contributed by atoms with van der Waals surface area (Å²) in [6, 6.07) is 0.339. The Morgan fingerprint density at radius 1 is 1.50 bits per heavy atom. The summed E-state index contributed by atoms with van der Waals surface area (Å²) >= 11 is 0. The topological polar surface area (TPSA) is 47.0 Å². The number of unbranched alkanes of at least 4 members (excludes halogenated alkanes) is 1. The van der Waals surface area contributed by atoms with Gasteiger partial charge in [-0.3, -0.25) is 0 Å². The van der Waals surface area contributed by atoms with Crippen LogP contribution in [0.1, 0.15) is 33.6 Å². The Morgan fingerprint density at radius 2 is 2.25 bits per heavy atom. The van der Waals surface area contributed by atoms with E-state index in [0.29, 0.717) is 6.61 Å². The van der Waals surface area contributed by atoms with Crippen molar-refractivity contribution < 1.29 is 9.13 Å². The molecule has 0 unspecified atom stereocenters. The number of nitrogens with one attached hydrogen (secondary N) is 1. The molecule has 0 aliphatic carbocycles. The highest BCUT2D eigenvalue weighted by molar-refractivity contribution is 5.36. The Morgan fingerprint density at radius 3 is 2.88 bits per heavy atom. The molecule has 0 spiro atoms. The third kappa shape index (κ3) is 4.00. The third-order valence-corrected chi connectivity index (χ3v) is 1.88. The normalized spacial score (nSPS) is 10.6. The molecule has 0 saturated carbocycles. The van der Waals surface area contributed by atoms with Crippen LogP contribution in [0.15, 0.2) is 6.20 Å². The largest absolute Gasteiger partial charge is 0.463 e. The van der Waals surface area contributed by atoms with Gasteiger partial charge in [0.1, 0.15) is 0 Å². The van der Waals surface area contributed by atoms with Crippen LogP contribution in [0.3, 0.4) is 0 Å². The van der Waals surface area contributed by atoms with E-state index in [1.165, 1.54) is 0 Å². The maximum atomic E-state index is 13.3. The van der Waals surface area contributed by atoms with E-state index < -0.39 is 5.82 Å². The van der Waals surface area contributed by atoms with Crippen LogP contribution in [0.2, 0.25) is 0 Å². The SMILES string of the molecule is CCCCOc1ncc(F)c(NC(C)C)n1. The van der Waals surface area contributed by atoms with Gasteiger partial charge in [0.05, 0.1) is 12.8 Å². The molecule has 1 rings (SSSR count). The van der Waals surface area contributed by atoms with Gasteiger partial charge in [-0.05, 0) is 20.3 Å². The fraction of sp³-hybridized carbons (Fsp3) is 0.636. The van der Waals surface area contributed by atoms with Crippen molar-refractivity contribution in [3.05, 3.63) is 12.0 Å². The minimum atomic E-state index is -0.462. The van der Waals surface area contributed by atoms with Gasteiger partial charge in [-0.25, -0.2) is 9.37 Å². The highest BCUT2D eigenvalue weighted by Crippen LogP contribution is 2.14. The maximum Gasteiger partial charge on any atom is 0.318 e. The van der Waals surface area contributed by atoms with E-state index in [9.17, 15) is 4.39 Å². The quantitative estimate of drug-likeness (QED) is 0.759. The van der Waals surface area contributed by atoms with Gasteiger partial charge in [-0.15, -0.1) is 0 Å². The zero-order valence-electron chi connectivity index (χ0n) is 9.96. The van der Waals surface area contributed by atoms with Crippen LogP contribution in [-0.2, 0) is 0 Å². The molecule has 90 valence electrons. The van der Waals surface area contributed by atoms with Crippen molar-refractivity contribution in [2.24, 2.45) is 0 Å². The van der Waals surface area contributed by atoms with Crippen molar-refractivity contribution in [1.82, 2.24) is 9.97 Å². The van der Waals surface area contributed by atoms with Gasteiger partial charge in [-0.1, -0.05) is 13.3 Å². The Hall–Kier alpha value is -1.39. The Labute approximate surface area is 95.3 Å². The minimum absolute atomic E-state index is 0.118. The van der Waals surface area contributed by atoms with Gasteiger partial charge < -0.3 is 10.1 Å². The maximum absolute atomic E-state index is 13.3. The first-order valence-corrected chi connectivity index (χ1v) is 5.55. The third-order valence-electron chi connectivity index (χ3n) is 1.88. The van der Waals surface area contributed by atoms with Crippen molar-refractivity contribution >= 4 is 5.82 Å². The lowest BCUT2D eigenvalue weighted by Crippen LogP contribution is -2.13. The summed E-state index contributed by atoms with van der Waals surface area (Å²) in [7, 11) is 0. The summed E-state index contributed by atoms with van der Waals surface area (Å²) in [5.41, 5.74) is 0. The second kappa shape index (κ2) is 6.25. The molecular formula is C11H18FN3O. The molecule has 0 atom stereocenters. The van der Waals surface area contributed by atoms with Gasteiger partial charge in [0, 0.05) is 6.04 Å². The van der Waals surface area contributed by atoms with Gasteiger partial charge in [0.25, 0.3) is 0 Å². The molecule has 1 N–H and O–H groups in total. The van der Waals surface area contributed by atoms with E-state index in [2.05, 4.69) is 22.2 Å². The molecule has 0 radical (unpaired) electrons. The summed E-state index contributed by atoms with van der Waals surface area (Å²) in [6.45, 7) is 6.46. The number of hydrogen-bond donors (Lipinski definition) is 1. The predicted molar refractivity (Wildman–Crippen MR) is 61.2 cm³/mol. The fourth-order valence-electron chi connectivity index (χ4n) is 1.10. The zero-order chi connectivity index (χ0) is 12.0. The molecule has 16 heavy (non-hydrogen) atoms. The molecule has 1 aromatic rings. The van der Waals surface area contributed by atoms with Crippen LogP contribution >= 0.6 is 0 Å². The van der Waals surface area contributed by atoms with Crippen LogP contribution < -0.4 is 10.1 Å². The van der Waals surface area contributed by atoms with E-state index >= 15 is 0 Å². The van der Waals surface area contributed by atoms with Gasteiger partial charge >= 0.3 is 6.01 Å². The first-order valence-electron chi connectivity index (χ1n) is 5.55. The Kier molecular flexibility index (Phi) is 4.95. The van der Waals surface area contributed by atoms with E-state index in [4.69, 9.17) is 4.74 Å². The molecule has 1 aromatic heterocycles. The van der Waals surface area contributed by atoms with Crippen LogP contribution in [0, 0.1) is 5.82 Å². The molecule has 0 aliphatic rings. The van der Waals surface area contributed by atoms with E-state index in [1.54, 1.807) is 0 Å². The lowest BCUT2D eigenvalue weighted by Gasteiger charge is -2.10. The number of nitrogens with zero attached hydrogens (tertiary/aromatic N) is 2. The zero-order valence-corrected chi connectivity index (χ0v) is 9.96. The van der Waals surface area contributed by atoms with Crippen molar-refractivity contribution in [3.63, 3.8) is 0 Å². The van der Waals surface area contributed by atoms with E-state index in [-0.39, 0.29) is 17.9 Å². The summed E-state index contributed by atoms with van der Waals surface area (Å²) in [4.78, 5) is 7.73. The van der Waals surface area contributed by atoms with Crippen LogP contribution in [0.5, 0.6) is 6.01 Å². The molecule has 4 nitrogen and oxygen atoms in total. The average Bonchev–Trinajstić information content (AvgIpc) is 2.22. The highest BCUT2D eigenvalue weighted by Gasteiger charge is 2.08. The molecule has 5 heteroatoms. The summed E-state index contributed by atoms with van der Waals surface area (Å²) in [6.07, 6.45) is 3.10. The average molecular weight is 227 g/mol. The van der Waals surface area contributed by atoms with E-state index in [1.807, 2.05) is 13.8 Å². The predicted octanol–water partition coefficient (Wildman–Crippen LogP) is 2.61. The number of hydrogen-bond acceptors (Lipinski definition) is 4. The standard InChI is InChI=1S/C11H18FN3O/c1-4-5-6-16-11-13-7-9(12)10(15-11)14-8(2)3/h7-8H,4-6H2,1-3H3,(H,13,14,15). The van der Waals surface area contributed by atoms with Gasteiger partial charge in [0.2, 0.25) is 0 Å². The van der Waals surface area contributed by atoms with Crippen LogP contribution in [-0.4, -0.2) is 22.6 Å². The number of halogens is 1. The first kappa shape index (κ1) is 12.7. The van der Waals surface area contributed by atoms with Crippen LogP contribution in [0.25, 0.3) is 0 Å². The molecule has 0 fully saturated rings. The Bertz CT molecular complexity index is 331. The van der Waals surface area contributed by atoms with Crippen molar-refractivity contribution in [2.75, 3.05) is 11.9 Å². The fourth-order valence-corrected chi connectivity index (χ4v) is 1.10. The smallest absolute Gasteiger partial charge is 0.318 e. The minimum Gasteiger partial charge on any atom is -0.463 e. The molecular weight excluding hydrogens is 209 g/mol. The molecule has 0 saturated heterocycles.